The SMILES string of the molecule is C#Cc1c(F)ccc2cccc(-c3c(F)cc4c(N5CCC[C@@](C)(O)C5)nc(OC[C@@]56CCCN5[C@@H](OC(=O)N(C)CC)CC6)nc4c3F)c12. The minimum Gasteiger partial charge on any atom is -0.461 e. The van der Waals surface area contributed by atoms with Crippen LogP contribution < -0.4 is 9.64 Å². The minimum atomic E-state index is -1.04. The number of aromatic nitrogens is 2. The van der Waals surface area contributed by atoms with E-state index in [9.17, 15) is 14.3 Å². The summed E-state index contributed by atoms with van der Waals surface area (Å²) in [6.07, 6.45) is 9.15. The van der Waals surface area contributed by atoms with Crippen LogP contribution in [-0.2, 0) is 4.74 Å². The van der Waals surface area contributed by atoms with Gasteiger partial charge < -0.3 is 24.4 Å². The molecule has 0 saturated carbocycles. The molecule has 9 nitrogen and oxygen atoms in total. The molecule has 3 aliphatic heterocycles. The first kappa shape index (κ1) is 33.9. The number of rotatable bonds is 7. The number of carbonyl (C=O) groups excluding carboxylic acids is 1. The summed E-state index contributed by atoms with van der Waals surface area (Å²) in [5.41, 5.74) is -2.06. The molecule has 12 heteroatoms. The maximum atomic E-state index is 16.9. The third-order valence-corrected chi connectivity index (χ3v) is 10.6. The number of benzene rings is 3. The van der Waals surface area contributed by atoms with Crippen molar-refractivity contribution in [3.8, 4) is 29.5 Å². The van der Waals surface area contributed by atoms with E-state index in [1.54, 1.807) is 31.0 Å². The van der Waals surface area contributed by atoms with Crippen LogP contribution in [-0.4, -0.2) is 88.2 Å². The molecule has 0 aliphatic carbocycles. The van der Waals surface area contributed by atoms with E-state index in [1.165, 1.54) is 29.2 Å². The molecule has 1 amide bonds. The largest absolute Gasteiger partial charge is 0.461 e. The topological polar surface area (TPSA) is 91.3 Å². The van der Waals surface area contributed by atoms with Crippen LogP contribution in [0.15, 0.2) is 36.4 Å². The van der Waals surface area contributed by atoms with Crippen LogP contribution in [0.4, 0.5) is 23.8 Å². The van der Waals surface area contributed by atoms with Gasteiger partial charge in [-0.1, -0.05) is 30.2 Å². The van der Waals surface area contributed by atoms with E-state index in [0.29, 0.717) is 37.7 Å². The molecule has 262 valence electrons. The Hall–Kier alpha value is -4.60. The molecule has 4 aromatic rings. The molecule has 1 aromatic heterocycles. The Labute approximate surface area is 289 Å². The third-order valence-electron chi connectivity index (χ3n) is 10.6. The summed E-state index contributed by atoms with van der Waals surface area (Å²) in [5, 5.41) is 11.8. The number of nitrogens with zero attached hydrogens (tertiary/aromatic N) is 5. The molecular weight excluding hydrogens is 647 g/mol. The lowest BCUT2D eigenvalue weighted by atomic mass is 9.92. The molecule has 0 spiro atoms. The Balaban J connectivity index is 1.31. The predicted octanol–water partition coefficient (Wildman–Crippen LogP) is 6.62. The van der Waals surface area contributed by atoms with Crippen LogP contribution in [0.2, 0.25) is 0 Å². The highest BCUT2D eigenvalue weighted by Crippen LogP contribution is 2.44. The van der Waals surface area contributed by atoms with Gasteiger partial charge in [-0.05, 0) is 69.0 Å². The Kier molecular flexibility index (Phi) is 8.77. The average Bonchev–Trinajstić information content (AvgIpc) is 3.66. The van der Waals surface area contributed by atoms with Gasteiger partial charge >= 0.3 is 12.1 Å². The van der Waals surface area contributed by atoms with E-state index in [2.05, 4.69) is 15.8 Å². The predicted molar refractivity (Wildman–Crippen MR) is 184 cm³/mol. The molecule has 4 heterocycles. The van der Waals surface area contributed by atoms with Crippen molar-refractivity contribution in [3.63, 3.8) is 0 Å². The summed E-state index contributed by atoms with van der Waals surface area (Å²) in [6, 6.07) is 8.67. The van der Waals surface area contributed by atoms with Gasteiger partial charge in [0, 0.05) is 50.4 Å². The first-order chi connectivity index (χ1) is 23.9. The monoisotopic (exact) mass is 687 g/mol. The fraction of sp³-hybridized carbons (Fsp3) is 0.447. The molecule has 1 N–H and O–H groups in total. The first-order valence-corrected chi connectivity index (χ1v) is 17.1. The lowest BCUT2D eigenvalue weighted by Gasteiger charge is -2.38. The summed E-state index contributed by atoms with van der Waals surface area (Å²) in [6.45, 7) is 5.70. The van der Waals surface area contributed by atoms with E-state index in [-0.39, 0.29) is 58.5 Å². The Morgan fingerprint density at radius 2 is 1.92 bits per heavy atom. The summed E-state index contributed by atoms with van der Waals surface area (Å²) in [7, 11) is 1.69. The second kappa shape index (κ2) is 12.9. The summed E-state index contributed by atoms with van der Waals surface area (Å²) < 4.78 is 60.2. The second-order valence-corrected chi connectivity index (χ2v) is 14.0. The van der Waals surface area contributed by atoms with Gasteiger partial charge in [0.25, 0.3) is 0 Å². The fourth-order valence-electron chi connectivity index (χ4n) is 7.93. The summed E-state index contributed by atoms with van der Waals surface area (Å²) in [4.78, 5) is 27.3. The van der Waals surface area contributed by atoms with Crippen LogP contribution in [0.3, 0.4) is 0 Å². The van der Waals surface area contributed by atoms with Crippen molar-refractivity contribution >= 4 is 33.6 Å². The first-order valence-electron chi connectivity index (χ1n) is 17.1. The number of ether oxygens (including phenoxy) is 2. The van der Waals surface area contributed by atoms with Gasteiger partial charge in [-0.15, -0.1) is 6.42 Å². The highest BCUT2D eigenvalue weighted by atomic mass is 19.1. The quantitative estimate of drug-likeness (QED) is 0.217. The maximum Gasteiger partial charge on any atom is 0.411 e. The van der Waals surface area contributed by atoms with E-state index in [1.807, 2.05) is 6.92 Å². The minimum absolute atomic E-state index is 0.0936. The van der Waals surface area contributed by atoms with Crippen LogP contribution in [0.1, 0.15) is 57.9 Å². The van der Waals surface area contributed by atoms with Gasteiger partial charge in [-0.3, -0.25) is 4.90 Å². The van der Waals surface area contributed by atoms with Crippen molar-refractivity contribution in [2.75, 3.05) is 44.7 Å². The number of hydrogen-bond donors (Lipinski definition) is 1. The molecule has 3 saturated heterocycles. The number of terminal acetylenes is 1. The number of aliphatic hydroxyl groups is 1. The van der Waals surface area contributed by atoms with Crippen molar-refractivity contribution < 1.29 is 32.5 Å². The number of halogens is 3. The van der Waals surface area contributed by atoms with Gasteiger partial charge in [0.15, 0.2) is 12.0 Å². The second-order valence-electron chi connectivity index (χ2n) is 14.0. The molecular formula is C38H40F3N5O4. The summed E-state index contributed by atoms with van der Waals surface area (Å²) >= 11 is 0. The van der Waals surface area contributed by atoms with Crippen LogP contribution in [0.5, 0.6) is 6.01 Å². The number of anilines is 1. The normalized spacial score (nSPS) is 23.6. The molecule has 3 aliphatic rings. The highest BCUT2D eigenvalue weighted by molar-refractivity contribution is 6.03. The number of β-amino-alcohol motifs (C(OH)–C–C–N with tert-alkyl or cyclic N) is 1. The number of fused-ring (bicyclic) bond motifs is 3. The van der Waals surface area contributed by atoms with E-state index >= 15 is 8.78 Å². The molecule has 0 radical (unpaired) electrons. The van der Waals surface area contributed by atoms with Crippen molar-refractivity contribution in [2.24, 2.45) is 0 Å². The van der Waals surface area contributed by atoms with Gasteiger partial charge in [-0.25, -0.2) is 18.0 Å². The molecule has 3 fully saturated rings. The van der Waals surface area contributed by atoms with E-state index in [0.717, 1.165) is 25.8 Å². The zero-order chi connectivity index (χ0) is 35.4. The zero-order valence-electron chi connectivity index (χ0n) is 28.4. The molecule has 0 unspecified atom stereocenters. The van der Waals surface area contributed by atoms with Crippen LogP contribution in [0, 0.1) is 29.8 Å². The lowest BCUT2D eigenvalue weighted by molar-refractivity contribution is -0.0331. The Morgan fingerprint density at radius 3 is 2.68 bits per heavy atom. The molecule has 0 bridgehead atoms. The van der Waals surface area contributed by atoms with Gasteiger partial charge in [-0.2, -0.15) is 9.97 Å². The standard InChI is InChI=1S/C38H40F3N5O4/c1-5-24-27(39)13-12-23-10-7-11-25(30(23)24)31-28(40)20-26-33(32(31)41)42-35(43-34(26)45-18-8-15-37(3,48)21-45)49-22-38-16-9-19-46(38)29(14-17-38)50-36(47)44(4)6-2/h1,7,10-13,20,29,48H,6,8-9,14-19,21-22H2,2-4H3/t29-,37+,38-/m0/s1. The third kappa shape index (κ3) is 5.86. The Morgan fingerprint density at radius 1 is 1.12 bits per heavy atom. The number of carbonyl (C=O) groups is 1. The van der Waals surface area contributed by atoms with Crippen LogP contribution >= 0.6 is 0 Å². The van der Waals surface area contributed by atoms with E-state index in [4.69, 9.17) is 20.9 Å². The Bertz CT molecular complexity index is 2030. The molecule has 7 rings (SSSR count). The van der Waals surface area contributed by atoms with Crippen molar-refractivity contribution in [1.82, 2.24) is 19.8 Å². The highest BCUT2D eigenvalue weighted by Gasteiger charge is 2.51. The van der Waals surface area contributed by atoms with Crippen molar-refractivity contribution in [2.45, 2.75) is 69.7 Å². The molecule has 50 heavy (non-hydrogen) atoms. The van der Waals surface area contributed by atoms with Gasteiger partial charge in [0.05, 0.1) is 22.3 Å². The van der Waals surface area contributed by atoms with E-state index < -0.39 is 40.4 Å². The number of amides is 1. The van der Waals surface area contributed by atoms with Gasteiger partial charge in [0.1, 0.15) is 29.6 Å². The number of piperidine rings is 1. The molecule has 3 aromatic carbocycles. The lowest BCUT2D eigenvalue weighted by Crippen LogP contribution is -2.48. The average molecular weight is 688 g/mol. The zero-order valence-corrected chi connectivity index (χ0v) is 28.4. The van der Waals surface area contributed by atoms with Gasteiger partial charge in [0.2, 0.25) is 0 Å². The smallest absolute Gasteiger partial charge is 0.411 e. The van der Waals surface area contributed by atoms with Crippen molar-refractivity contribution in [1.29, 1.82) is 0 Å². The molecule has 3 atom stereocenters. The fourth-order valence-corrected chi connectivity index (χ4v) is 7.93. The summed E-state index contributed by atoms with van der Waals surface area (Å²) in [5.74, 6) is 0.0555. The maximum absolute atomic E-state index is 16.9. The number of hydrogen-bond acceptors (Lipinski definition) is 8. The van der Waals surface area contributed by atoms with Crippen molar-refractivity contribution in [3.05, 3.63) is 59.4 Å². The van der Waals surface area contributed by atoms with Crippen LogP contribution in [0.25, 0.3) is 32.8 Å².